The minimum absolute atomic E-state index is 0.260. The average Bonchev–Trinajstić information content (AvgIpc) is 2.62. The maximum absolute atomic E-state index is 11.8. The van der Waals surface area contributed by atoms with Gasteiger partial charge < -0.3 is 9.84 Å². The minimum Gasteiger partial charge on any atom is -0.436 e. The first-order valence-corrected chi connectivity index (χ1v) is 5.10. The standard InChI is InChI=1S/C11H16O3/c1-7(12)14-10(13)11(2)6-8-3-4-9(11)5-8/h3-4,7-9,12H,5-6H2,1-2H3. The molecule has 1 saturated carbocycles. The summed E-state index contributed by atoms with van der Waals surface area (Å²) in [5.74, 6) is 0.578. The van der Waals surface area contributed by atoms with Gasteiger partial charge in [0.2, 0.25) is 0 Å². The molecule has 0 aromatic heterocycles. The third-order valence-corrected chi connectivity index (χ3v) is 3.42. The maximum atomic E-state index is 11.8. The molecule has 2 aliphatic rings. The number of esters is 1. The topological polar surface area (TPSA) is 46.5 Å². The summed E-state index contributed by atoms with van der Waals surface area (Å²) >= 11 is 0. The van der Waals surface area contributed by atoms with Crippen LogP contribution in [0.25, 0.3) is 0 Å². The SMILES string of the molecule is CC(O)OC(=O)C1(C)CC2C=CC1C2. The van der Waals surface area contributed by atoms with Crippen molar-refractivity contribution in [3.05, 3.63) is 12.2 Å². The van der Waals surface area contributed by atoms with Gasteiger partial charge in [-0.25, -0.2) is 0 Å². The molecule has 0 radical (unpaired) electrons. The van der Waals surface area contributed by atoms with Crippen LogP contribution in [0.3, 0.4) is 0 Å². The molecule has 0 amide bonds. The Morgan fingerprint density at radius 3 is 2.79 bits per heavy atom. The number of ether oxygens (including phenoxy) is 1. The second-order valence-electron chi connectivity index (χ2n) is 4.61. The van der Waals surface area contributed by atoms with Gasteiger partial charge in [-0.3, -0.25) is 4.79 Å². The number of rotatable bonds is 2. The van der Waals surface area contributed by atoms with Crippen LogP contribution in [0.1, 0.15) is 26.7 Å². The van der Waals surface area contributed by atoms with E-state index in [1.54, 1.807) is 0 Å². The van der Waals surface area contributed by atoms with Crippen LogP contribution in [0.15, 0.2) is 12.2 Å². The van der Waals surface area contributed by atoms with E-state index in [1.807, 2.05) is 6.92 Å². The van der Waals surface area contributed by atoms with E-state index in [9.17, 15) is 4.79 Å². The van der Waals surface area contributed by atoms with Crippen molar-refractivity contribution in [1.29, 1.82) is 0 Å². The first kappa shape index (κ1) is 9.71. The molecule has 2 aliphatic carbocycles. The highest BCUT2D eigenvalue weighted by Gasteiger charge is 2.51. The number of aliphatic hydroxyl groups is 1. The fraction of sp³-hybridized carbons (Fsp3) is 0.727. The summed E-state index contributed by atoms with van der Waals surface area (Å²) in [6, 6.07) is 0. The number of aliphatic hydroxyl groups excluding tert-OH is 1. The minimum atomic E-state index is -0.998. The second-order valence-corrected chi connectivity index (χ2v) is 4.61. The molecule has 1 fully saturated rings. The highest BCUT2D eigenvalue weighted by atomic mass is 16.6. The molecule has 3 heteroatoms. The van der Waals surface area contributed by atoms with Gasteiger partial charge in [-0.1, -0.05) is 12.2 Å². The summed E-state index contributed by atoms with van der Waals surface area (Å²) in [7, 11) is 0. The molecule has 4 unspecified atom stereocenters. The number of allylic oxidation sites excluding steroid dienone is 2. The van der Waals surface area contributed by atoms with Crippen LogP contribution >= 0.6 is 0 Å². The molecule has 14 heavy (non-hydrogen) atoms. The molecular formula is C11H16O3. The van der Waals surface area contributed by atoms with E-state index >= 15 is 0 Å². The first-order valence-electron chi connectivity index (χ1n) is 5.10. The van der Waals surface area contributed by atoms with Crippen LogP contribution in [0, 0.1) is 17.3 Å². The number of fused-ring (bicyclic) bond motifs is 2. The van der Waals surface area contributed by atoms with Gasteiger partial charge in [0.25, 0.3) is 0 Å². The van der Waals surface area contributed by atoms with Crippen molar-refractivity contribution in [3.8, 4) is 0 Å². The highest BCUT2D eigenvalue weighted by Crippen LogP contribution is 2.52. The van der Waals surface area contributed by atoms with E-state index in [1.165, 1.54) is 6.92 Å². The van der Waals surface area contributed by atoms with Crippen molar-refractivity contribution in [2.45, 2.75) is 33.0 Å². The lowest BCUT2D eigenvalue weighted by Gasteiger charge is -2.29. The summed E-state index contributed by atoms with van der Waals surface area (Å²) in [4.78, 5) is 11.8. The summed E-state index contributed by atoms with van der Waals surface area (Å²) in [6.45, 7) is 3.40. The van der Waals surface area contributed by atoms with Crippen molar-refractivity contribution in [2.24, 2.45) is 17.3 Å². The Morgan fingerprint density at radius 2 is 2.36 bits per heavy atom. The highest BCUT2D eigenvalue weighted by molar-refractivity contribution is 5.78. The maximum Gasteiger partial charge on any atom is 0.314 e. The molecule has 0 heterocycles. The Labute approximate surface area is 83.8 Å². The van der Waals surface area contributed by atoms with Crippen LogP contribution in [-0.4, -0.2) is 17.4 Å². The lowest BCUT2D eigenvalue weighted by Crippen LogP contribution is -2.35. The van der Waals surface area contributed by atoms with Crippen molar-refractivity contribution < 1.29 is 14.6 Å². The Bertz CT molecular complexity index is 282. The lowest BCUT2D eigenvalue weighted by atomic mass is 9.78. The van der Waals surface area contributed by atoms with E-state index in [2.05, 4.69) is 12.2 Å². The van der Waals surface area contributed by atoms with Crippen LogP contribution < -0.4 is 0 Å². The molecule has 0 spiro atoms. The molecule has 2 rings (SSSR count). The van der Waals surface area contributed by atoms with Gasteiger partial charge in [0.05, 0.1) is 5.41 Å². The Hall–Kier alpha value is -0.830. The largest absolute Gasteiger partial charge is 0.436 e. The van der Waals surface area contributed by atoms with E-state index in [0.29, 0.717) is 11.8 Å². The number of carbonyl (C=O) groups excluding carboxylic acids is 1. The molecule has 2 bridgehead atoms. The van der Waals surface area contributed by atoms with Crippen molar-refractivity contribution in [1.82, 2.24) is 0 Å². The van der Waals surface area contributed by atoms with Gasteiger partial charge in [0.15, 0.2) is 6.29 Å². The zero-order valence-electron chi connectivity index (χ0n) is 8.56. The molecule has 3 nitrogen and oxygen atoms in total. The number of carbonyl (C=O) groups is 1. The van der Waals surface area contributed by atoms with Gasteiger partial charge in [0.1, 0.15) is 0 Å². The summed E-state index contributed by atoms with van der Waals surface area (Å²) < 4.78 is 4.87. The summed E-state index contributed by atoms with van der Waals surface area (Å²) in [6.07, 6.45) is 5.22. The zero-order valence-corrected chi connectivity index (χ0v) is 8.56. The van der Waals surface area contributed by atoms with Gasteiger partial charge in [0, 0.05) is 0 Å². The van der Waals surface area contributed by atoms with Crippen molar-refractivity contribution >= 4 is 5.97 Å². The van der Waals surface area contributed by atoms with E-state index in [-0.39, 0.29) is 5.97 Å². The van der Waals surface area contributed by atoms with Crippen LogP contribution in [0.5, 0.6) is 0 Å². The normalized spacial score (nSPS) is 41.4. The van der Waals surface area contributed by atoms with Crippen LogP contribution in [-0.2, 0) is 9.53 Å². The second kappa shape index (κ2) is 3.09. The van der Waals surface area contributed by atoms with Crippen LogP contribution in [0.2, 0.25) is 0 Å². The summed E-state index contributed by atoms with van der Waals surface area (Å²) in [5, 5.41) is 9.01. The molecule has 78 valence electrons. The van der Waals surface area contributed by atoms with Gasteiger partial charge in [-0.15, -0.1) is 0 Å². The lowest BCUT2D eigenvalue weighted by molar-refractivity contribution is -0.177. The Balaban J connectivity index is 2.10. The molecular weight excluding hydrogens is 180 g/mol. The van der Waals surface area contributed by atoms with Gasteiger partial charge in [-0.2, -0.15) is 0 Å². The summed E-state index contributed by atoms with van der Waals surface area (Å²) in [5.41, 5.74) is -0.406. The molecule has 4 atom stereocenters. The Kier molecular flexibility index (Phi) is 2.14. The molecule has 0 aliphatic heterocycles. The predicted octanol–water partition coefficient (Wildman–Crippen LogP) is 1.47. The molecule has 0 saturated heterocycles. The molecule has 1 N–H and O–H groups in total. The van der Waals surface area contributed by atoms with Gasteiger partial charge in [-0.05, 0) is 38.5 Å². The van der Waals surface area contributed by atoms with E-state index in [0.717, 1.165) is 12.8 Å². The fourth-order valence-corrected chi connectivity index (χ4v) is 2.62. The molecule has 0 aromatic carbocycles. The first-order chi connectivity index (χ1) is 6.52. The smallest absolute Gasteiger partial charge is 0.314 e. The Morgan fingerprint density at radius 1 is 1.64 bits per heavy atom. The number of hydrogen-bond donors (Lipinski definition) is 1. The van der Waals surface area contributed by atoms with Gasteiger partial charge >= 0.3 is 5.97 Å². The number of hydrogen-bond acceptors (Lipinski definition) is 3. The fourth-order valence-electron chi connectivity index (χ4n) is 2.62. The molecule has 0 aromatic rings. The van der Waals surface area contributed by atoms with Crippen molar-refractivity contribution in [3.63, 3.8) is 0 Å². The quantitative estimate of drug-likeness (QED) is 0.413. The predicted molar refractivity (Wildman–Crippen MR) is 51.2 cm³/mol. The van der Waals surface area contributed by atoms with Crippen LogP contribution in [0.4, 0.5) is 0 Å². The van der Waals surface area contributed by atoms with E-state index < -0.39 is 11.7 Å². The average molecular weight is 196 g/mol. The van der Waals surface area contributed by atoms with E-state index in [4.69, 9.17) is 9.84 Å². The van der Waals surface area contributed by atoms with Crippen molar-refractivity contribution in [2.75, 3.05) is 0 Å². The third-order valence-electron chi connectivity index (χ3n) is 3.42. The monoisotopic (exact) mass is 196 g/mol. The third kappa shape index (κ3) is 1.36. The zero-order chi connectivity index (χ0) is 10.3.